The van der Waals surface area contributed by atoms with E-state index in [0.717, 1.165) is 0 Å². The predicted molar refractivity (Wildman–Crippen MR) is 72.1 cm³/mol. The monoisotopic (exact) mass is 281 g/mol. The average Bonchev–Trinajstić information content (AvgIpc) is 2.45. The van der Waals surface area contributed by atoms with E-state index in [0.29, 0.717) is 11.1 Å². The van der Waals surface area contributed by atoms with E-state index in [1.165, 1.54) is 18.1 Å². The molecular weight excluding hydrogens is 262 g/mol. The van der Waals surface area contributed by atoms with Crippen molar-refractivity contribution in [2.24, 2.45) is 0 Å². The summed E-state index contributed by atoms with van der Waals surface area (Å²) in [7, 11) is 4.45. The van der Waals surface area contributed by atoms with Crippen LogP contribution in [0.15, 0.2) is 24.3 Å². The van der Waals surface area contributed by atoms with Crippen molar-refractivity contribution < 1.29 is 24.5 Å². The third kappa shape index (κ3) is 4.04. The Balaban J connectivity index is 2.88. The molecule has 6 heteroatoms. The number of amides is 1. The van der Waals surface area contributed by atoms with Crippen LogP contribution in [-0.2, 0) is 9.53 Å². The van der Waals surface area contributed by atoms with E-state index in [-0.39, 0.29) is 12.3 Å². The Morgan fingerprint density at radius 2 is 1.95 bits per heavy atom. The van der Waals surface area contributed by atoms with Crippen molar-refractivity contribution in [3.63, 3.8) is 0 Å². The van der Waals surface area contributed by atoms with Gasteiger partial charge in [0.25, 0.3) is 5.91 Å². The van der Waals surface area contributed by atoms with E-state index in [1.54, 1.807) is 32.3 Å². The minimum absolute atomic E-state index is 0.207. The minimum Gasteiger partial charge on any atom is -0.469 e. The number of aliphatic hydroxyl groups excluding tert-OH is 2. The number of esters is 1. The Labute approximate surface area is 117 Å². The number of carbonyl (C=O) groups is 2. The second-order valence-electron chi connectivity index (χ2n) is 4.62. The van der Waals surface area contributed by atoms with Gasteiger partial charge >= 0.3 is 5.97 Å². The van der Waals surface area contributed by atoms with Crippen LogP contribution in [0.25, 0.3) is 0 Å². The van der Waals surface area contributed by atoms with Gasteiger partial charge in [-0.15, -0.1) is 0 Å². The predicted octanol–water partition coefficient (Wildman–Crippen LogP) is 0.346. The van der Waals surface area contributed by atoms with Crippen molar-refractivity contribution >= 4 is 11.9 Å². The number of nitrogens with zero attached hydrogens (tertiary/aromatic N) is 1. The molecular formula is C14H19NO5. The molecule has 0 saturated heterocycles. The van der Waals surface area contributed by atoms with Crippen LogP contribution in [0.4, 0.5) is 0 Å². The fourth-order valence-electron chi connectivity index (χ4n) is 1.70. The molecule has 1 amide bonds. The van der Waals surface area contributed by atoms with E-state index in [2.05, 4.69) is 4.74 Å². The first-order chi connectivity index (χ1) is 9.36. The number of ether oxygens (including phenoxy) is 1. The smallest absolute Gasteiger partial charge is 0.308 e. The zero-order valence-electron chi connectivity index (χ0n) is 11.7. The van der Waals surface area contributed by atoms with Crippen molar-refractivity contribution in [3.8, 4) is 0 Å². The van der Waals surface area contributed by atoms with Gasteiger partial charge in [0.2, 0.25) is 0 Å². The zero-order valence-corrected chi connectivity index (χ0v) is 11.7. The third-order valence-electron chi connectivity index (χ3n) is 2.85. The van der Waals surface area contributed by atoms with Gasteiger partial charge in [0.1, 0.15) is 6.10 Å². The highest BCUT2D eigenvalue weighted by atomic mass is 16.5. The Bertz CT molecular complexity index is 486. The number of hydrogen-bond donors (Lipinski definition) is 2. The molecule has 2 N–H and O–H groups in total. The molecule has 1 aromatic carbocycles. The van der Waals surface area contributed by atoms with E-state index in [9.17, 15) is 19.8 Å². The maximum absolute atomic E-state index is 11.8. The Kier molecular flexibility index (Phi) is 5.66. The molecule has 6 nitrogen and oxygen atoms in total. The van der Waals surface area contributed by atoms with Gasteiger partial charge in [-0.1, -0.05) is 12.1 Å². The summed E-state index contributed by atoms with van der Waals surface area (Å²) >= 11 is 0. The Morgan fingerprint density at radius 3 is 2.50 bits per heavy atom. The second-order valence-corrected chi connectivity index (χ2v) is 4.62. The van der Waals surface area contributed by atoms with Crippen LogP contribution in [0.1, 0.15) is 28.4 Å². The maximum atomic E-state index is 11.8. The van der Waals surface area contributed by atoms with Crippen LogP contribution >= 0.6 is 0 Å². The summed E-state index contributed by atoms with van der Waals surface area (Å²) in [6.45, 7) is 0. The SMILES string of the molecule is COC(=O)CC(O)C(O)c1cccc(C(=O)N(C)C)c1. The first-order valence-electron chi connectivity index (χ1n) is 6.11. The first kappa shape index (κ1) is 16.1. The lowest BCUT2D eigenvalue weighted by molar-refractivity contribution is -0.144. The maximum Gasteiger partial charge on any atom is 0.308 e. The van der Waals surface area contributed by atoms with Gasteiger partial charge in [-0.25, -0.2) is 0 Å². The zero-order chi connectivity index (χ0) is 15.3. The van der Waals surface area contributed by atoms with E-state index >= 15 is 0 Å². The van der Waals surface area contributed by atoms with Gasteiger partial charge in [-0.3, -0.25) is 9.59 Å². The summed E-state index contributed by atoms with van der Waals surface area (Å²) in [6, 6.07) is 6.30. The molecule has 1 rings (SSSR count). The lowest BCUT2D eigenvalue weighted by Crippen LogP contribution is -2.24. The molecule has 1 aromatic rings. The molecule has 110 valence electrons. The van der Waals surface area contributed by atoms with E-state index in [1.807, 2.05) is 0 Å². The highest BCUT2D eigenvalue weighted by Gasteiger charge is 2.22. The number of rotatable bonds is 5. The number of carbonyl (C=O) groups excluding carboxylic acids is 2. The third-order valence-corrected chi connectivity index (χ3v) is 2.85. The summed E-state index contributed by atoms with van der Waals surface area (Å²) in [5.74, 6) is -0.821. The summed E-state index contributed by atoms with van der Waals surface area (Å²) in [6.07, 6.45) is -2.86. The summed E-state index contributed by atoms with van der Waals surface area (Å²) in [5.41, 5.74) is 0.769. The lowest BCUT2D eigenvalue weighted by atomic mass is 10.00. The molecule has 0 heterocycles. The molecule has 0 fully saturated rings. The number of methoxy groups -OCH3 is 1. The standard InChI is InChI=1S/C14H19NO5/c1-15(2)14(19)10-6-4-5-9(7-10)13(18)11(16)8-12(17)20-3/h4-7,11,13,16,18H,8H2,1-3H3. The lowest BCUT2D eigenvalue weighted by Gasteiger charge is -2.18. The summed E-state index contributed by atoms with van der Waals surface area (Å²) < 4.78 is 4.43. The average molecular weight is 281 g/mol. The van der Waals surface area contributed by atoms with Crippen LogP contribution in [0.2, 0.25) is 0 Å². The molecule has 0 aliphatic heterocycles. The number of aliphatic hydroxyl groups is 2. The number of benzene rings is 1. The molecule has 0 radical (unpaired) electrons. The molecule has 0 spiro atoms. The van der Waals surface area contributed by atoms with Crippen molar-refractivity contribution in [2.75, 3.05) is 21.2 Å². The normalized spacial score (nSPS) is 13.4. The van der Waals surface area contributed by atoms with Crippen molar-refractivity contribution in [2.45, 2.75) is 18.6 Å². The van der Waals surface area contributed by atoms with Crippen LogP contribution < -0.4 is 0 Å². The van der Waals surface area contributed by atoms with Gasteiger partial charge in [0, 0.05) is 19.7 Å². The van der Waals surface area contributed by atoms with Gasteiger partial charge in [-0.2, -0.15) is 0 Å². The van der Waals surface area contributed by atoms with E-state index in [4.69, 9.17) is 0 Å². The minimum atomic E-state index is -1.29. The number of hydrogen-bond acceptors (Lipinski definition) is 5. The van der Waals surface area contributed by atoms with Gasteiger partial charge in [0.15, 0.2) is 0 Å². The molecule has 2 atom stereocenters. The van der Waals surface area contributed by atoms with Crippen LogP contribution in [0.5, 0.6) is 0 Å². The van der Waals surface area contributed by atoms with E-state index < -0.39 is 18.2 Å². The van der Waals surface area contributed by atoms with Crippen molar-refractivity contribution in [1.29, 1.82) is 0 Å². The molecule has 20 heavy (non-hydrogen) atoms. The van der Waals surface area contributed by atoms with Crippen molar-refractivity contribution in [3.05, 3.63) is 35.4 Å². The quantitative estimate of drug-likeness (QED) is 0.760. The summed E-state index contributed by atoms with van der Waals surface area (Å²) in [4.78, 5) is 24.3. The largest absolute Gasteiger partial charge is 0.469 e. The van der Waals surface area contributed by atoms with Crippen LogP contribution in [0, 0.1) is 0 Å². The first-order valence-corrected chi connectivity index (χ1v) is 6.11. The molecule has 0 aliphatic rings. The van der Waals surface area contributed by atoms with Crippen LogP contribution in [-0.4, -0.2) is 54.3 Å². The van der Waals surface area contributed by atoms with Crippen LogP contribution in [0.3, 0.4) is 0 Å². The van der Waals surface area contributed by atoms with Gasteiger partial charge in [-0.05, 0) is 17.7 Å². The molecule has 0 aromatic heterocycles. The molecule has 0 saturated carbocycles. The molecule has 0 aliphatic carbocycles. The fourth-order valence-corrected chi connectivity index (χ4v) is 1.70. The highest BCUT2D eigenvalue weighted by Crippen LogP contribution is 2.20. The second kappa shape index (κ2) is 7.02. The topological polar surface area (TPSA) is 87.1 Å². The van der Waals surface area contributed by atoms with Crippen molar-refractivity contribution in [1.82, 2.24) is 4.90 Å². The molecule has 0 bridgehead atoms. The fraction of sp³-hybridized carbons (Fsp3) is 0.429. The summed E-state index contributed by atoms with van der Waals surface area (Å²) in [5, 5.41) is 19.8. The van der Waals surface area contributed by atoms with Gasteiger partial charge in [0.05, 0.1) is 19.6 Å². The Morgan fingerprint density at radius 1 is 1.30 bits per heavy atom. The highest BCUT2D eigenvalue weighted by molar-refractivity contribution is 5.94. The molecule has 2 unspecified atom stereocenters. The Hall–Kier alpha value is -1.92. The van der Waals surface area contributed by atoms with Gasteiger partial charge < -0.3 is 19.8 Å².